The van der Waals surface area contributed by atoms with Gasteiger partial charge >= 0.3 is 0 Å². The lowest BCUT2D eigenvalue weighted by molar-refractivity contribution is -0.130. The zero-order chi connectivity index (χ0) is 20.2. The monoisotopic (exact) mass is 449 g/mol. The Morgan fingerprint density at radius 2 is 2.00 bits per heavy atom. The minimum Gasteiger partial charge on any atom is -0.341 e. The third-order valence-electron chi connectivity index (χ3n) is 4.96. The first-order valence-electron chi connectivity index (χ1n) is 9.52. The molecule has 152 valence electrons. The van der Waals surface area contributed by atoms with Crippen LogP contribution in [-0.2, 0) is 17.8 Å². The highest BCUT2D eigenvalue weighted by Gasteiger charge is 2.21. The van der Waals surface area contributed by atoms with Crippen LogP contribution in [0.15, 0.2) is 41.8 Å². The maximum Gasteiger partial charge on any atom is 0.228 e. The summed E-state index contributed by atoms with van der Waals surface area (Å²) in [6.07, 6.45) is 1.19. The zero-order valence-electron chi connectivity index (χ0n) is 15.8. The summed E-state index contributed by atoms with van der Waals surface area (Å²) in [5.41, 5.74) is 1.50. The second-order valence-corrected chi connectivity index (χ2v) is 9.60. The summed E-state index contributed by atoms with van der Waals surface area (Å²) in [5, 5.41) is 2.85. The number of nitrogens with zero attached hydrogens (tertiary/aromatic N) is 3. The van der Waals surface area contributed by atoms with Crippen molar-refractivity contribution >= 4 is 40.2 Å². The van der Waals surface area contributed by atoms with Crippen LogP contribution in [0.5, 0.6) is 0 Å². The van der Waals surface area contributed by atoms with Gasteiger partial charge in [0.25, 0.3) is 0 Å². The molecule has 1 aliphatic rings. The first-order valence-corrected chi connectivity index (χ1v) is 11.6. The summed E-state index contributed by atoms with van der Waals surface area (Å²) in [5.74, 6) is -0.0742. The van der Waals surface area contributed by atoms with Crippen LogP contribution in [0, 0.1) is 5.82 Å². The molecule has 0 N–H and O–H groups in total. The summed E-state index contributed by atoms with van der Waals surface area (Å²) in [6, 6.07) is 10.7. The molecular formula is C21H21ClFN3OS2. The van der Waals surface area contributed by atoms with Crippen molar-refractivity contribution in [1.29, 1.82) is 0 Å². The van der Waals surface area contributed by atoms with Crippen molar-refractivity contribution in [3.63, 3.8) is 0 Å². The van der Waals surface area contributed by atoms with E-state index >= 15 is 0 Å². The molecule has 0 bridgehead atoms. The van der Waals surface area contributed by atoms with Crippen molar-refractivity contribution in [2.75, 3.05) is 26.2 Å². The van der Waals surface area contributed by atoms with Crippen molar-refractivity contribution in [1.82, 2.24) is 14.8 Å². The van der Waals surface area contributed by atoms with Crippen molar-refractivity contribution in [3.8, 4) is 9.88 Å². The maximum absolute atomic E-state index is 13.9. The minimum atomic E-state index is -0.170. The largest absolute Gasteiger partial charge is 0.341 e. The van der Waals surface area contributed by atoms with E-state index in [1.165, 1.54) is 28.7 Å². The fraction of sp³-hybridized carbons (Fsp3) is 0.333. The van der Waals surface area contributed by atoms with Crippen LogP contribution in [0.1, 0.15) is 17.7 Å². The molecule has 3 heterocycles. The number of amides is 1. The molecule has 8 heteroatoms. The van der Waals surface area contributed by atoms with Gasteiger partial charge in [-0.2, -0.15) is 0 Å². The third-order valence-corrected chi connectivity index (χ3v) is 7.25. The standard InChI is InChI=1S/C21H21ClFN3OS2/c22-19-7-6-18(29-19)21-24-16(14-28-21)12-20(27)26-9-3-8-25(10-11-26)13-15-4-1-2-5-17(15)23/h1-2,4-7,14H,3,8-13H2. The molecule has 1 aliphatic heterocycles. The molecule has 4 nitrogen and oxygen atoms in total. The Hall–Kier alpha value is -1.80. The van der Waals surface area contributed by atoms with Gasteiger partial charge in [-0.05, 0) is 24.6 Å². The summed E-state index contributed by atoms with van der Waals surface area (Å²) >= 11 is 9.03. The van der Waals surface area contributed by atoms with Gasteiger partial charge in [-0.1, -0.05) is 29.8 Å². The number of thiazole rings is 1. The molecule has 0 unspecified atom stereocenters. The van der Waals surface area contributed by atoms with Gasteiger partial charge in [0, 0.05) is 43.7 Å². The first kappa shape index (κ1) is 20.5. The highest BCUT2D eigenvalue weighted by atomic mass is 35.5. The maximum atomic E-state index is 13.9. The number of thiophene rings is 1. The fourth-order valence-corrected chi connectivity index (χ4v) is 5.38. The molecule has 0 radical (unpaired) electrons. The summed E-state index contributed by atoms with van der Waals surface area (Å²) in [7, 11) is 0. The van der Waals surface area contributed by atoms with Crippen LogP contribution in [0.2, 0.25) is 4.34 Å². The Labute approximate surface area is 182 Å². The Bertz CT molecular complexity index is 990. The van der Waals surface area contributed by atoms with Gasteiger partial charge in [-0.15, -0.1) is 22.7 Å². The lowest BCUT2D eigenvalue weighted by Crippen LogP contribution is -2.36. The van der Waals surface area contributed by atoms with Crippen LogP contribution in [0.25, 0.3) is 9.88 Å². The van der Waals surface area contributed by atoms with E-state index in [1.54, 1.807) is 6.07 Å². The highest BCUT2D eigenvalue weighted by Crippen LogP contribution is 2.33. The van der Waals surface area contributed by atoms with E-state index in [0.717, 1.165) is 46.0 Å². The third kappa shape index (κ3) is 5.22. The van der Waals surface area contributed by atoms with Gasteiger partial charge in [0.15, 0.2) is 0 Å². The van der Waals surface area contributed by atoms with Crippen LogP contribution in [0.3, 0.4) is 0 Å². The lowest BCUT2D eigenvalue weighted by Gasteiger charge is -2.22. The van der Waals surface area contributed by atoms with Gasteiger partial charge in [-0.25, -0.2) is 9.37 Å². The Kier molecular flexibility index (Phi) is 6.60. The Morgan fingerprint density at radius 3 is 2.79 bits per heavy atom. The SMILES string of the molecule is O=C(Cc1csc(-c2ccc(Cl)s2)n1)N1CCCN(Cc2ccccc2F)CC1. The van der Waals surface area contributed by atoms with E-state index in [0.29, 0.717) is 25.1 Å². The minimum absolute atomic E-state index is 0.0961. The molecule has 29 heavy (non-hydrogen) atoms. The molecule has 0 aliphatic carbocycles. The summed E-state index contributed by atoms with van der Waals surface area (Å²) in [6.45, 7) is 3.57. The van der Waals surface area contributed by atoms with Crippen LogP contribution in [0.4, 0.5) is 4.39 Å². The van der Waals surface area contributed by atoms with Crippen LogP contribution >= 0.6 is 34.3 Å². The molecule has 1 aromatic carbocycles. The second-order valence-electron chi connectivity index (χ2n) is 7.03. The normalized spacial score (nSPS) is 15.4. The quantitative estimate of drug-likeness (QED) is 0.553. The van der Waals surface area contributed by atoms with Crippen LogP contribution in [-0.4, -0.2) is 46.9 Å². The van der Waals surface area contributed by atoms with Gasteiger partial charge < -0.3 is 4.90 Å². The van der Waals surface area contributed by atoms with E-state index in [2.05, 4.69) is 9.88 Å². The number of carbonyl (C=O) groups excluding carboxylic acids is 1. The number of aromatic nitrogens is 1. The van der Waals surface area contributed by atoms with E-state index in [1.807, 2.05) is 34.5 Å². The zero-order valence-corrected chi connectivity index (χ0v) is 18.2. The average molecular weight is 450 g/mol. The van der Waals surface area contributed by atoms with Gasteiger partial charge in [0.1, 0.15) is 10.8 Å². The number of benzene rings is 1. The molecule has 0 atom stereocenters. The number of hydrogen-bond acceptors (Lipinski definition) is 5. The van der Waals surface area contributed by atoms with Crippen molar-refractivity contribution < 1.29 is 9.18 Å². The molecule has 1 saturated heterocycles. The number of rotatable bonds is 5. The van der Waals surface area contributed by atoms with Gasteiger partial charge in [0.2, 0.25) is 5.91 Å². The molecule has 2 aromatic heterocycles. The number of halogens is 2. The first-order chi connectivity index (χ1) is 14.1. The predicted octanol–water partition coefficient (Wildman–Crippen LogP) is 4.94. The summed E-state index contributed by atoms with van der Waals surface area (Å²) < 4.78 is 14.6. The van der Waals surface area contributed by atoms with Gasteiger partial charge in [0.05, 0.1) is 21.3 Å². The Morgan fingerprint density at radius 1 is 1.14 bits per heavy atom. The van der Waals surface area contributed by atoms with E-state index in [9.17, 15) is 9.18 Å². The summed E-state index contributed by atoms with van der Waals surface area (Å²) in [4.78, 5) is 22.5. The van der Waals surface area contributed by atoms with Crippen molar-refractivity contribution in [3.05, 3.63) is 63.2 Å². The molecule has 4 rings (SSSR count). The molecule has 0 saturated carbocycles. The van der Waals surface area contributed by atoms with Gasteiger partial charge in [-0.3, -0.25) is 9.69 Å². The van der Waals surface area contributed by atoms with E-state index in [4.69, 9.17) is 11.6 Å². The van der Waals surface area contributed by atoms with Crippen LogP contribution < -0.4 is 0 Å². The number of carbonyl (C=O) groups is 1. The molecule has 0 spiro atoms. The van der Waals surface area contributed by atoms with Crippen molar-refractivity contribution in [2.45, 2.75) is 19.4 Å². The molecular weight excluding hydrogens is 429 g/mol. The smallest absolute Gasteiger partial charge is 0.228 e. The fourth-order valence-electron chi connectivity index (χ4n) is 3.44. The van der Waals surface area contributed by atoms with E-state index in [-0.39, 0.29) is 11.7 Å². The molecule has 1 amide bonds. The second kappa shape index (κ2) is 9.34. The number of hydrogen-bond donors (Lipinski definition) is 0. The molecule has 1 fully saturated rings. The average Bonchev–Trinajstić information content (AvgIpc) is 3.27. The van der Waals surface area contributed by atoms with Crippen molar-refractivity contribution in [2.24, 2.45) is 0 Å². The Balaban J connectivity index is 1.33. The molecule has 3 aromatic rings. The predicted molar refractivity (Wildman–Crippen MR) is 117 cm³/mol. The topological polar surface area (TPSA) is 36.4 Å². The highest BCUT2D eigenvalue weighted by molar-refractivity contribution is 7.23. The lowest BCUT2D eigenvalue weighted by atomic mass is 10.2. The van der Waals surface area contributed by atoms with E-state index < -0.39 is 0 Å².